The molecule has 1 aromatic heterocycles. The first-order chi connectivity index (χ1) is 23.2. The largest absolute Gasteiger partial charge is 0.494 e. The van der Waals surface area contributed by atoms with Gasteiger partial charge in [0.1, 0.15) is 5.75 Å². The molecule has 10 heteroatoms. The molecule has 1 N–H and O–H groups in total. The van der Waals surface area contributed by atoms with E-state index in [1.54, 1.807) is 30.6 Å². The number of anilines is 1. The number of nitrogens with one attached hydrogen (secondary N) is 1. The summed E-state index contributed by atoms with van der Waals surface area (Å²) in [6.07, 6.45) is 9.89. The molecule has 0 unspecified atom stereocenters. The van der Waals surface area contributed by atoms with E-state index >= 15 is 0 Å². The van der Waals surface area contributed by atoms with E-state index in [1.165, 1.54) is 19.3 Å². The van der Waals surface area contributed by atoms with Gasteiger partial charge in [-0.2, -0.15) is 0 Å². The van der Waals surface area contributed by atoms with Gasteiger partial charge in [-0.15, -0.1) is 0 Å². The Balaban J connectivity index is 0.920. The SMILES string of the molecule is CCOc1cccc(C#Cc2cncc(C(=O)N3CCN(c4ccc(C(=O)NS(=O)(=O)CC56CC7CC(CC(C7)C5)C6)cc4)CC3)c2)c1. The van der Waals surface area contributed by atoms with Gasteiger partial charge in [0.05, 0.1) is 17.9 Å². The molecule has 4 aliphatic carbocycles. The minimum absolute atomic E-state index is 0.0491. The highest BCUT2D eigenvalue weighted by Crippen LogP contribution is 2.60. The number of carbonyl (C=O) groups excluding carboxylic acids is 2. The van der Waals surface area contributed by atoms with Gasteiger partial charge in [0.25, 0.3) is 11.8 Å². The summed E-state index contributed by atoms with van der Waals surface area (Å²) in [4.78, 5) is 34.6. The molecule has 0 spiro atoms. The Kier molecular flexibility index (Phi) is 8.90. The Labute approximate surface area is 283 Å². The third-order valence-corrected chi connectivity index (χ3v) is 11.9. The van der Waals surface area contributed by atoms with E-state index in [1.807, 2.05) is 48.2 Å². The molecule has 0 atom stereocenters. The number of hydrogen-bond acceptors (Lipinski definition) is 7. The van der Waals surface area contributed by atoms with Gasteiger partial charge in [0, 0.05) is 61.0 Å². The smallest absolute Gasteiger partial charge is 0.264 e. The quantitative estimate of drug-likeness (QED) is 0.333. The number of rotatable bonds is 8. The van der Waals surface area contributed by atoms with Crippen LogP contribution < -0.4 is 14.4 Å². The highest BCUT2D eigenvalue weighted by atomic mass is 32.2. The molecule has 3 aromatic rings. The van der Waals surface area contributed by atoms with Crippen molar-refractivity contribution in [2.45, 2.75) is 45.4 Å². The number of nitrogens with zero attached hydrogens (tertiary/aromatic N) is 3. The first-order valence-electron chi connectivity index (χ1n) is 17.0. The molecule has 4 saturated carbocycles. The minimum Gasteiger partial charge on any atom is -0.494 e. The average Bonchev–Trinajstić information content (AvgIpc) is 3.06. The molecule has 9 nitrogen and oxygen atoms in total. The van der Waals surface area contributed by atoms with Crippen LogP contribution in [0.1, 0.15) is 77.3 Å². The van der Waals surface area contributed by atoms with Crippen molar-refractivity contribution >= 4 is 27.5 Å². The zero-order valence-corrected chi connectivity index (χ0v) is 28.2. The lowest BCUT2D eigenvalue weighted by Gasteiger charge is -2.56. The average molecular weight is 667 g/mol. The molecular formula is C38H42N4O5S. The molecule has 250 valence electrons. The Hall–Kier alpha value is -4.36. The van der Waals surface area contributed by atoms with Gasteiger partial charge in [0.15, 0.2) is 0 Å². The lowest BCUT2D eigenvalue weighted by Crippen LogP contribution is -2.51. The maximum Gasteiger partial charge on any atom is 0.264 e. The van der Waals surface area contributed by atoms with E-state index in [2.05, 4.69) is 26.4 Å². The Morgan fingerprint density at radius 2 is 1.54 bits per heavy atom. The number of hydrogen-bond donors (Lipinski definition) is 1. The van der Waals surface area contributed by atoms with Crippen molar-refractivity contribution in [2.75, 3.05) is 43.4 Å². The summed E-state index contributed by atoms with van der Waals surface area (Å²) in [5.74, 6) is 8.32. The Bertz CT molecular complexity index is 1820. The molecular weight excluding hydrogens is 625 g/mol. The second-order valence-electron chi connectivity index (χ2n) is 14.1. The standard InChI is InChI=1S/C38H42N4O5S/c1-2-47-35-5-3-4-27(20-35)6-7-28-19-33(25-39-24-28)37(44)42-14-12-41(13-15-42)34-10-8-32(9-11-34)36(43)40-48(45,46)26-38-21-29-16-30(22-38)18-31(17-29)23-38/h3-5,8-11,19-20,24-25,29-31H,2,12-18,21-23,26H2,1H3,(H,40,43). The van der Waals surface area contributed by atoms with E-state index in [-0.39, 0.29) is 17.1 Å². The monoisotopic (exact) mass is 666 g/mol. The van der Waals surface area contributed by atoms with Gasteiger partial charge in [-0.3, -0.25) is 14.6 Å². The zero-order chi connectivity index (χ0) is 33.3. The summed E-state index contributed by atoms with van der Waals surface area (Å²) in [6, 6.07) is 16.4. The molecule has 8 rings (SSSR count). The predicted molar refractivity (Wildman–Crippen MR) is 184 cm³/mol. The normalized spacial score (nSPS) is 24.5. The predicted octanol–water partition coefficient (Wildman–Crippen LogP) is 5.12. The lowest BCUT2D eigenvalue weighted by atomic mass is 9.50. The minimum atomic E-state index is -3.75. The molecule has 4 bridgehead atoms. The maximum absolute atomic E-state index is 13.3. The van der Waals surface area contributed by atoms with Crippen molar-refractivity contribution in [2.24, 2.45) is 23.2 Å². The number of piperazine rings is 1. The van der Waals surface area contributed by atoms with Crippen LogP contribution in [0.15, 0.2) is 67.0 Å². The molecule has 2 amide bonds. The van der Waals surface area contributed by atoms with Crippen LogP contribution in [0.3, 0.4) is 0 Å². The summed E-state index contributed by atoms with van der Waals surface area (Å²) >= 11 is 0. The van der Waals surface area contributed by atoms with Crippen LogP contribution in [-0.4, -0.2) is 68.7 Å². The molecule has 48 heavy (non-hydrogen) atoms. The lowest BCUT2D eigenvalue weighted by molar-refractivity contribution is -0.0391. The highest BCUT2D eigenvalue weighted by Gasteiger charge is 2.52. The third kappa shape index (κ3) is 7.21. The topological polar surface area (TPSA) is 109 Å². The second kappa shape index (κ2) is 13.3. The molecule has 5 aliphatic rings. The van der Waals surface area contributed by atoms with Crippen molar-refractivity contribution in [1.29, 1.82) is 0 Å². The van der Waals surface area contributed by atoms with Gasteiger partial charge in [-0.1, -0.05) is 17.9 Å². The summed E-state index contributed by atoms with van der Waals surface area (Å²) in [5, 5.41) is 0. The van der Waals surface area contributed by atoms with E-state index in [0.29, 0.717) is 67.2 Å². The van der Waals surface area contributed by atoms with Crippen LogP contribution in [0.2, 0.25) is 0 Å². The Morgan fingerprint density at radius 1 is 0.875 bits per heavy atom. The number of aromatic nitrogens is 1. The zero-order valence-electron chi connectivity index (χ0n) is 27.4. The first-order valence-corrected chi connectivity index (χ1v) is 18.7. The molecule has 0 radical (unpaired) electrons. The van der Waals surface area contributed by atoms with Crippen LogP contribution in [0.4, 0.5) is 5.69 Å². The van der Waals surface area contributed by atoms with Crippen molar-refractivity contribution < 1.29 is 22.7 Å². The van der Waals surface area contributed by atoms with Gasteiger partial charge in [-0.25, -0.2) is 13.1 Å². The summed E-state index contributed by atoms with van der Waals surface area (Å²) in [6.45, 7) is 4.83. The highest BCUT2D eigenvalue weighted by molar-refractivity contribution is 7.90. The van der Waals surface area contributed by atoms with E-state index in [4.69, 9.17) is 4.74 Å². The van der Waals surface area contributed by atoms with Crippen LogP contribution in [0, 0.1) is 35.0 Å². The third-order valence-electron chi connectivity index (χ3n) is 10.5. The van der Waals surface area contributed by atoms with Gasteiger partial charge < -0.3 is 14.5 Å². The van der Waals surface area contributed by atoms with Gasteiger partial charge in [-0.05, 0) is 117 Å². The van der Waals surface area contributed by atoms with Crippen molar-refractivity contribution in [1.82, 2.24) is 14.6 Å². The maximum atomic E-state index is 13.3. The fourth-order valence-corrected chi connectivity index (χ4v) is 10.5. The van der Waals surface area contributed by atoms with E-state index in [0.717, 1.165) is 36.3 Å². The van der Waals surface area contributed by atoms with Crippen molar-refractivity contribution in [3.8, 4) is 17.6 Å². The van der Waals surface area contributed by atoms with Crippen molar-refractivity contribution in [3.05, 3.63) is 89.2 Å². The van der Waals surface area contributed by atoms with Crippen LogP contribution in [0.25, 0.3) is 0 Å². The number of pyridine rings is 1. The number of amides is 2. The van der Waals surface area contributed by atoms with Gasteiger partial charge >= 0.3 is 0 Å². The van der Waals surface area contributed by atoms with Crippen molar-refractivity contribution in [3.63, 3.8) is 0 Å². The fourth-order valence-electron chi connectivity index (χ4n) is 8.88. The van der Waals surface area contributed by atoms with Crippen LogP contribution in [0.5, 0.6) is 5.75 Å². The van der Waals surface area contributed by atoms with Crippen LogP contribution in [-0.2, 0) is 10.0 Å². The number of carbonyl (C=O) groups is 2. The number of ether oxygens (including phenoxy) is 1. The fraction of sp³-hybridized carbons (Fsp3) is 0.447. The van der Waals surface area contributed by atoms with E-state index < -0.39 is 15.9 Å². The number of benzene rings is 2. The van der Waals surface area contributed by atoms with Crippen LogP contribution >= 0.6 is 0 Å². The molecule has 2 aromatic carbocycles. The molecule has 2 heterocycles. The van der Waals surface area contributed by atoms with E-state index in [9.17, 15) is 18.0 Å². The molecule has 5 fully saturated rings. The summed E-state index contributed by atoms with van der Waals surface area (Å²) < 4.78 is 34.2. The summed E-state index contributed by atoms with van der Waals surface area (Å²) in [7, 11) is -3.75. The number of sulfonamides is 1. The first kappa shape index (κ1) is 32.2. The second-order valence-corrected chi connectivity index (χ2v) is 15.8. The van der Waals surface area contributed by atoms with Gasteiger partial charge in [0.2, 0.25) is 10.0 Å². The summed E-state index contributed by atoms with van der Waals surface area (Å²) in [5.41, 5.74) is 3.04. The molecule has 1 aliphatic heterocycles. The Morgan fingerprint density at radius 3 is 2.21 bits per heavy atom. The molecule has 1 saturated heterocycles.